The fraction of sp³-hybridized carbons (Fsp3) is 0.273. The van der Waals surface area contributed by atoms with Crippen LogP contribution in [0.2, 0.25) is 0 Å². The van der Waals surface area contributed by atoms with Gasteiger partial charge in [0.05, 0.1) is 12.8 Å². The number of ether oxygens (including phenoxy) is 1. The minimum atomic E-state index is -0.638. The smallest absolute Gasteiger partial charge is 0.427 e. The number of rotatable bonds is 3. The number of para-hydroxylation sites is 1. The van der Waals surface area contributed by atoms with Gasteiger partial charge in [0.25, 0.3) is 0 Å². The lowest BCUT2D eigenvalue weighted by Gasteiger charge is -2.06. The second-order valence-corrected chi connectivity index (χ2v) is 3.03. The van der Waals surface area contributed by atoms with E-state index in [1.807, 2.05) is 6.92 Å². The zero-order valence-electron chi connectivity index (χ0n) is 9.23. The van der Waals surface area contributed by atoms with Crippen LogP contribution >= 0.6 is 0 Å². The molecular weight excluding hydrogens is 208 g/mol. The van der Waals surface area contributed by atoms with Crippen molar-refractivity contribution in [3.8, 4) is 5.75 Å². The van der Waals surface area contributed by atoms with E-state index in [4.69, 9.17) is 0 Å². The van der Waals surface area contributed by atoms with Crippen LogP contribution in [0.4, 0.5) is 4.79 Å². The highest BCUT2D eigenvalue weighted by Crippen LogP contribution is 2.17. The van der Waals surface area contributed by atoms with Crippen LogP contribution in [0.15, 0.2) is 29.4 Å². The number of phenols is 1. The molecule has 0 unspecified atom stereocenters. The van der Waals surface area contributed by atoms with Crippen LogP contribution in [0, 0.1) is 0 Å². The van der Waals surface area contributed by atoms with E-state index in [1.54, 1.807) is 24.3 Å². The summed E-state index contributed by atoms with van der Waals surface area (Å²) in [7, 11) is 1.26. The molecule has 0 aliphatic heterocycles. The summed E-state index contributed by atoms with van der Waals surface area (Å²) in [5.41, 5.74) is 3.41. The van der Waals surface area contributed by atoms with Gasteiger partial charge in [-0.05, 0) is 18.6 Å². The third-order valence-corrected chi connectivity index (χ3v) is 2.02. The van der Waals surface area contributed by atoms with Gasteiger partial charge in [0.15, 0.2) is 0 Å². The molecule has 0 aliphatic carbocycles. The van der Waals surface area contributed by atoms with E-state index in [-0.39, 0.29) is 5.75 Å². The minimum Gasteiger partial charge on any atom is -0.507 e. The quantitative estimate of drug-likeness (QED) is 0.605. The molecule has 1 aromatic rings. The summed E-state index contributed by atoms with van der Waals surface area (Å²) in [5, 5.41) is 13.5. The van der Waals surface area contributed by atoms with Gasteiger partial charge in [-0.1, -0.05) is 19.1 Å². The largest absolute Gasteiger partial charge is 0.507 e. The first kappa shape index (κ1) is 12.0. The average Bonchev–Trinajstić information content (AvgIpc) is 2.31. The highest BCUT2D eigenvalue weighted by atomic mass is 16.5. The van der Waals surface area contributed by atoms with E-state index in [0.717, 1.165) is 0 Å². The maximum Gasteiger partial charge on any atom is 0.427 e. The number of benzene rings is 1. The molecule has 1 amide bonds. The number of hydrogen-bond donors (Lipinski definition) is 2. The van der Waals surface area contributed by atoms with Crippen molar-refractivity contribution >= 4 is 11.8 Å². The Kier molecular flexibility index (Phi) is 4.32. The van der Waals surface area contributed by atoms with Gasteiger partial charge in [-0.15, -0.1) is 0 Å². The lowest BCUT2D eigenvalue weighted by Crippen LogP contribution is -2.19. The topological polar surface area (TPSA) is 70.9 Å². The molecule has 1 aromatic carbocycles. The fourth-order valence-electron chi connectivity index (χ4n) is 1.21. The molecule has 86 valence electrons. The highest BCUT2D eigenvalue weighted by molar-refractivity contribution is 6.02. The summed E-state index contributed by atoms with van der Waals surface area (Å²) >= 11 is 0. The maximum absolute atomic E-state index is 10.8. The number of nitrogens with zero attached hydrogens (tertiary/aromatic N) is 1. The van der Waals surface area contributed by atoms with E-state index in [0.29, 0.717) is 17.7 Å². The molecule has 16 heavy (non-hydrogen) atoms. The van der Waals surface area contributed by atoms with Gasteiger partial charge >= 0.3 is 6.09 Å². The van der Waals surface area contributed by atoms with Crippen molar-refractivity contribution in [2.45, 2.75) is 13.3 Å². The van der Waals surface area contributed by atoms with Gasteiger partial charge in [0.1, 0.15) is 5.75 Å². The number of hydrogen-bond acceptors (Lipinski definition) is 4. The molecule has 0 fully saturated rings. The van der Waals surface area contributed by atoms with Crippen molar-refractivity contribution in [1.29, 1.82) is 0 Å². The Labute approximate surface area is 93.7 Å². The standard InChI is InChI=1S/C11H14N2O3/c1-3-9(12-13-11(15)16-2)8-6-4-5-7-10(8)14/h4-7,14H,3H2,1-2H3,(H,13,15)/b12-9+. The van der Waals surface area contributed by atoms with Crippen LogP contribution in [0.3, 0.4) is 0 Å². The van der Waals surface area contributed by atoms with Crippen LogP contribution in [0.25, 0.3) is 0 Å². The Morgan fingerprint density at radius 1 is 1.50 bits per heavy atom. The zero-order valence-corrected chi connectivity index (χ0v) is 9.23. The van der Waals surface area contributed by atoms with Gasteiger partial charge in [0, 0.05) is 5.56 Å². The Balaban J connectivity index is 2.90. The average molecular weight is 222 g/mol. The molecule has 5 nitrogen and oxygen atoms in total. The van der Waals surface area contributed by atoms with E-state index in [2.05, 4.69) is 15.3 Å². The number of methoxy groups -OCH3 is 1. The van der Waals surface area contributed by atoms with Crippen LogP contribution in [-0.4, -0.2) is 24.0 Å². The van der Waals surface area contributed by atoms with Crippen molar-refractivity contribution < 1.29 is 14.6 Å². The minimum absolute atomic E-state index is 0.134. The number of aromatic hydroxyl groups is 1. The number of amides is 1. The first-order chi connectivity index (χ1) is 7.69. The Morgan fingerprint density at radius 3 is 2.75 bits per heavy atom. The van der Waals surface area contributed by atoms with Crippen LogP contribution in [0.1, 0.15) is 18.9 Å². The molecule has 0 spiro atoms. The molecule has 0 saturated carbocycles. The van der Waals surface area contributed by atoms with E-state index < -0.39 is 6.09 Å². The van der Waals surface area contributed by atoms with Crippen LogP contribution in [-0.2, 0) is 4.74 Å². The third kappa shape index (κ3) is 2.98. The molecule has 0 aliphatic rings. The molecule has 5 heteroatoms. The predicted octanol–water partition coefficient (Wildman–Crippen LogP) is 1.86. The molecule has 0 aromatic heterocycles. The molecule has 0 radical (unpaired) electrons. The second kappa shape index (κ2) is 5.75. The van der Waals surface area contributed by atoms with E-state index in [1.165, 1.54) is 7.11 Å². The highest BCUT2D eigenvalue weighted by Gasteiger charge is 2.07. The summed E-state index contributed by atoms with van der Waals surface area (Å²) in [6.07, 6.45) is -0.0527. The number of hydrazone groups is 1. The second-order valence-electron chi connectivity index (χ2n) is 3.03. The summed E-state index contributed by atoms with van der Waals surface area (Å²) in [4.78, 5) is 10.8. The summed E-state index contributed by atoms with van der Waals surface area (Å²) in [5.74, 6) is 0.134. The molecular formula is C11H14N2O3. The van der Waals surface area contributed by atoms with Crippen molar-refractivity contribution in [3.05, 3.63) is 29.8 Å². The Morgan fingerprint density at radius 2 is 2.19 bits per heavy atom. The molecule has 2 N–H and O–H groups in total. The summed E-state index contributed by atoms with van der Waals surface area (Å²) < 4.78 is 4.39. The third-order valence-electron chi connectivity index (χ3n) is 2.02. The van der Waals surface area contributed by atoms with Crippen molar-refractivity contribution in [3.63, 3.8) is 0 Å². The van der Waals surface area contributed by atoms with Gasteiger partial charge in [-0.3, -0.25) is 0 Å². The van der Waals surface area contributed by atoms with Crippen molar-refractivity contribution in [2.24, 2.45) is 5.10 Å². The monoisotopic (exact) mass is 222 g/mol. The predicted molar refractivity (Wildman–Crippen MR) is 60.5 cm³/mol. The Bertz CT molecular complexity index is 402. The Hall–Kier alpha value is -2.04. The number of carbonyl (C=O) groups excluding carboxylic acids is 1. The summed E-state index contributed by atoms with van der Waals surface area (Å²) in [6.45, 7) is 1.88. The van der Waals surface area contributed by atoms with Gasteiger partial charge < -0.3 is 9.84 Å². The van der Waals surface area contributed by atoms with Crippen LogP contribution in [0.5, 0.6) is 5.75 Å². The SMILES string of the molecule is CC/C(=N\NC(=O)OC)c1ccccc1O. The van der Waals surface area contributed by atoms with Gasteiger partial charge in [-0.2, -0.15) is 5.10 Å². The normalized spacial score (nSPS) is 11.0. The van der Waals surface area contributed by atoms with E-state index >= 15 is 0 Å². The molecule has 1 rings (SSSR count). The maximum atomic E-state index is 10.8. The number of nitrogens with one attached hydrogen (secondary N) is 1. The van der Waals surface area contributed by atoms with Crippen molar-refractivity contribution in [2.75, 3.05) is 7.11 Å². The first-order valence-corrected chi connectivity index (χ1v) is 4.88. The van der Waals surface area contributed by atoms with Gasteiger partial charge in [0.2, 0.25) is 0 Å². The lowest BCUT2D eigenvalue weighted by atomic mass is 10.1. The van der Waals surface area contributed by atoms with Crippen molar-refractivity contribution in [1.82, 2.24) is 5.43 Å². The fourth-order valence-corrected chi connectivity index (χ4v) is 1.21. The first-order valence-electron chi connectivity index (χ1n) is 4.88. The number of phenolic OH excluding ortho intramolecular Hbond substituents is 1. The van der Waals surface area contributed by atoms with Gasteiger partial charge in [-0.25, -0.2) is 10.2 Å². The molecule has 0 heterocycles. The summed E-state index contributed by atoms with van der Waals surface area (Å²) in [6, 6.07) is 6.81. The van der Waals surface area contributed by atoms with E-state index in [9.17, 15) is 9.90 Å². The number of carbonyl (C=O) groups is 1. The molecule has 0 atom stereocenters. The van der Waals surface area contributed by atoms with Crippen LogP contribution < -0.4 is 5.43 Å². The lowest BCUT2D eigenvalue weighted by molar-refractivity contribution is 0.171. The molecule has 0 saturated heterocycles. The zero-order chi connectivity index (χ0) is 12.0. The molecule has 0 bridgehead atoms.